The highest BCUT2D eigenvalue weighted by molar-refractivity contribution is 6.01. The van der Waals surface area contributed by atoms with Gasteiger partial charge in [-0.2, -0.15) is 5.48 Å². The Labute approximate surface area is 120 Å². The van der Waals surface area contributed by atoms with E-state index in [1.807, 2.05) is 32.0 Å². The lowest BCUT2D eigenvalue weighted by molar-refractivity contribution is -0.145. The predicted molar refractivity (Wildman–Crippen MR) is 75.7 cm³/mol. The molecule has 8 heteroatoms. The minimum Gasteiger partial charge on any atom is -0.379 e. The molecule has 0 aliphatic carbocycles. The first-order chi connectivity index (χ1) is 9.97. The lowest BCUT2D eigenvalue weighted by Gasteiger charge is -2.08. The molecule has 0 spiro atoms. The Kier molecular flexibility index (Phi) is 4.17. The summed E-state index contributed by atoms with van der Waals surface area (Å²) in [5.41, 5.74) is 10.9. The van der Waals surface area contributed by atoms with Gasteiger partial charge in [0.05, 0.1) is 5.69 Å². The second kappa shape index (κ2) is 6.04. The second-order valence-corrected chi connectivity index (χ2v) is 4.44. The van der Waals surface area contributed by atoms with Crippen LogP contribution in [0.15, 0.2) is 27.8 Å². The summed E-state index contributed by atoms with van der Waals surface area (Å²) in [5.74, 6) is -0.352. The summed E-state index contributed by atoms with van der Waals surface area (Å²) < 4.78 is 4.54. The molecule has 21 heavy (non-hydrogen) atoms. The molecule has 0 saturated carbocycles. The molecule has 0 unspecified atom stereocenters. The first-order valence-electron chi connectivity index (χ1n) is 6.15. The summed E-state index contributed by atoms with van der Waals surface area (Å²) in [5, 5.41) is 7.12. The predicted octanol–water partition coefficient (Wildman–Crippen LogP) is 1.41. The van der Waals surface area contributed by atoms with Crippen LogP contribution in [0, 0.1) is 13.8 Å². The summed E-state index contributed by atoms with van der Waals surface area (Å²) in [7, 11) is 0. The maximum Gasteiger partial charge on any atom is 0.329 e. The number of nitrogens with zero attached hydrogens (tertiary/aromatic N) is 3. The van der Waals surface area contributed by atoms with E-state index in [0.717, 1.165) is 11.1 Å². The van der Waals surface area contributed by atoms with Gasteiger partial charge in [-0.15, -0.1) is 0 Å². The fourth-order valence-electron chi connectivity index (χ4n) is 1.56. The first kappa shape index (κ1) is 14.5. The largest absolute Gasteiger partial charge is 0.379 e. The number of hydroxylamine groups is 1. The quantitative estimate of drug-likeness (QED) is 0.488. The minimum absolute atomic E-state index is 0.0405. The van der Waals surface area contributed by atoms with Crippen molar-refractivity contribution < 1.29 is 14.3 Å². The molecule has 110 valence electrons. The first-order valence-corrected chi connectivity index (χ1v) is 6.15. The number of aryl methyl sites for hydroxylation is 2. The van der Waals surface area contributed by atoms with Crippen LogP contribution in [0.1, 0.15) is 23.7 Å². The third-order valence-corrected chi connectivity index (χ3v) is 2.63. The van der Waals surface area contributed by atoms with Gasteiger partial charge in [0.1, 0.15) is 0 Å². The van der Waals surface area contributed by atoms with Gasteiger partial charge in [0, 0.05) is 6.92 Å². The van der Waals surface area contributed by atoms with Gasteiger partial charge >= 0.3 is 5.97 Å². The lowest BCUT2D eigenvalue weighted by Crippen LogP contribution is -2.27. The van der Waals surface area contributed by atoms with Crippen molar-refractivity contribution in [1.82, 2.24) is 15.8 Å². The topological polar surface area (TPSA) is 116 Å². The van der Waals surface area contributed by atoms with Gasteiger partial charge < -0.3 is 10.6 Å². The molecule has 0 radical (unpaired) electrons. The number of nitrogens with one attached hydrogen (secondary N) is 1. The standard InChI is InChI=1S/C13H15N5O3/c1-7-4-5-8(2)10(6-7)15-13(18-20-9(3)19)11-12(14)17-21-16-11/h4-6H,1-3H3,(H2,14,17)(H,15,18). The van der Waals surface area contributed by atoms with Gasteiger partial charge in [-0.3, -0.25) is 4.79 Å². The molecule has 3 N–H and O–H groups in total. The van der Waals surface area contributed by atoms with Gasteiger partial charge in [0.15, 0.2) is 17.3 Å². The molecule has 0 fully saturated rings. The van der Waals surface area contributed by atoms with Crippen LogP contribution in [0.3, 0.4) is 0 Å². The molecule has 2 aromatic rings. The van der Waals surface area contributed by atoms with Crippen LogP contribution in [-0.2, 0) is 9.63 Å². The van der Waals surface area contributed by atoms with Crippen LogP contribution in [0.2, 0.25) is 0 Å². The van der Waals surface area contributed by atoms with E-state index in [2.05, 4.69) is 25.4 Å². The van der Waals surface area contributed by atoms with Gasteiger partial charge in [-0.05, 0) is 41.4 Å². The lowest BCUT2D eigenvalue weighted by atomic mass is 10.1. The molecule has 0 aliphatic heterocycles. The van der Waals surface area contributed by atoms with E-state index >= 15 is 0 Å². The van der Waals surface area contributed by atoms with Crippen LogP contribution in [-0.4, -0.2) is 22.1 Å². The highest BCUT2D eigenvalue weighted by atomic mass is 16.7. The minimum atomic E-state index is -0.529. The Bertz CT molecular complexity index is 693. The molecule has 0 saturated heterocycles. The number of hydrogen-bond acceptors (Lipinski definition) is 7. The summed E-state index contributed by atoms with van der Waals surface area (Å²) in [6.07, 6.45) is 0. The highest BCUT2D eigenvalue weighted by Crippen LogP contribution is 2.21. The number of nitrogens with two attached hydrogens (primary N) is 1. The molecule has 2 rings (SSSR count). The number of amidine groups is 1. The van der Waals surface area contributed by atoms with E-state index in [1.54, 1.807) is 0 Å². The van der Waals surface area contributed by atoms with Crippen molar-refractivity contribution in [2.75, 3.05) is 5.73 Å². The molecular weight excluding hydrogens is 274 g/mol. The van der Waals surface area contributed by atoms with E-state index in [1.165, 1.54) is 6.92 Å². The Morgan fingerprint density at radius 2 is 2.14 bits per heavy atom. The molecule has 0 bridgehead atoms. The molecule has 0 amide bonds. The number of anilines is 1. The molecule has 1 heterocycles. The Morgan fingerprint density at radius 1 is 1.38 bits per heavy atom. The van der Waals surface area contributed by atoms with Crippen molar-refractivity contribution in [3.63, 3.8) is 0 Å². The van der Waals surface area contributed by atoms with E-state index in [9.17, 15) is 4.79 Å². The van der Waals surface area contributed by atoms with Crippen LogP contribution in [0.25, 0.3) is 0 Å². The number of carbonyl (C=O) groups is 1. The molecule has 1 aromatic carbocycles. The van der Waals surface area contributed by atoms with E-state index < -0.39 is 5.97 Å². The molecule has 1 aromatic heterocycles. The number of rotatable bonds is 2. The summed E-state index contributed by atoms with van der Waals surface area (Å²) in [6.45, 7) is 5.11. The Morgan fingerprint density at radius 3 is 2.76 bits per heavy atom. The molecule has 0 aliphatic rings. The van der Waals surface area contributed by atoms with E-state index in [-0.39, 0.29) is 17.3 Å². The van der Waals surface area contributed by atoms with Crippen LogP contribution in [0.4, 0.5) is 11.5 Å². The number of benzene rings is 1. The van der Waals surface area contributed by atoms with Crippen molar-refractivity contribution in [3.8, 4) is 0 Å². The zero-order valence-electron chi connectivity index (χ0n) is 11.9. The molecule has 0 atom stereocenters. The fourth-order valence-corrected chi connectivity index (χ4v) is 1.56. The second-order valence-electron chi connectivity index (χ2n) is 4.44. The Balaban J connectivity index is 2.43. The van der Waals surface area contributed by atoms with Crippen molar-refractivity contribution in [2.45, 2.75) is 20.8 Å². The number of aromatic nitrogens is 2. The fraction of sp³-hybridized carbons (Fsp3) is 0.231. The van der Waals surface area contributed by atoms with Gasteiger partial charge in [0.2, 0.25) is 0 Å². The number of nitrogen functional groups attached to an aromatic ring is 1. The number of carbonyl (C=O) groups excluding carboxylic acids is 1. The van der Waals surface area contributed by atoms with Crippen molar-refractivity contribution in [3.05, 3.63) is 35.0 Å². The van der Waals surface area contributed by atoms with Crippen LogP contribution < -0.4 is 11.2 Å². The smallest absolute Gasteiger partial charge is 0.329 e. The summed E-state index contributed by atoms with van der Waals surface area (Å²) in [4.78, 5) is 20.1. The zero-order chi connectivity index (χ0) is 15.4. The normalized spacial score (nSPS) is 11.3. The monoisotopic (exact) mass is 289 g/mol. The third kappa shape index (κ3) is 3.56. The van der Waals surface area contributed by atoms with Crippen LogP contribution in [0.5, 0.6) is 0 Å². The number of aliphatic imine (C=N–C) groups is 1. The van der Waals surface area contributed by atoms with Gasteiger partial charge in [-0.1, -0.05) is 12.1 Å². The van der Waals surface area contributed by atoms with E-state index in [4.69, 9.17) is 10.6 Å². The Hall–Kier alpha value is -2.90. The van der Waals surface area contributed by atoms with E-state index in [0.29, 0.717) is 5.69 Å². The van der Waals surface area contributed by atoms with Gasteiger partial charge in [-0.25, -0.2) is 9.62 Å². The summed E-state index contributed by atoms with van der Waals surface area (Å²) in [6, 6.07) is 5.79. The molecule has 8 nitrogen and oxygen atoms in total. The highest BCUT2D eigenvalue weighted by Gasteiger charge is 2.16. The summed E-state index contributed by atoms with van der Waals surface area (Å²) >= 11 is 0. The zero-order valence-corrected chi connectivity index (χ0v) is 11.9. The average molecular weight is 289 g/mol. The van der Waals surface area contributed by atoms with Crippen molar-refractivity contribution in [2.24, 2.45) is 4.99 Å². The van der Waals surface area contributed by atoms with Gasteiger partial charge in [0.25, 0.3) is 0 Å². The van der Waals surface area contributed by atoms with Crippen molar-refractivity contribution in [1.29, 1.82) is 0 Å². The van der Waals surface area contributed by atoms with Crippen molar-refractivity contribution >= 4 is 23.3 Å². The third-order valence-electron chi connectivity index (χ3n) is 2.63. The number of hydrogen-bond donors (Lipinski definition) is 2. The molecular formula is C13H15N5O3. The SMILES string of the molecule is CC(=O)ONC(=Nc1cc(C)ccc1C)c1nonc1N. The maximum atomic E-state index is 10.9. The maximum absolute atomic E-state index is 10.9. The van der Waals surface area contributed by atoms with Crippen LogP contribution >= 0.6 is 0 Å². The average Bonchev–Trinajstić information content (AvgIpc) is 2.84.